The summed E-state index contributed by atoms with van der Waals surface area (Å²) in [5, 5.41) is 3.44. The van der Waals surface area contributed by atoms with Gasteiger partial charge < -0.3 is 5.32 Å². The molecule has 1 aromatic heterocycles. The van der Waals surface area contributed by atoms with Crippen LogP contribution in [-0.2, 0) is 19.4 Å². The first-order valence-electron chi connectivity index (χ1n) is 7.42. The molecule has 1 heterocycles. The van der Waals surface area contributed by atoms with Gasteiger partial charge in [-0.15, -0.1) is 11.3 Å². The normalized spacial score (nSPS) is 15.8. The van der Waals surface area contributed by atoms with E-state index in [4.69, 9.17) is 0 Å². The number of aryl methyl sites for hydroxylation is 2. The molecule has 1 atom stereocenters. The van der Waals surface area contributed by atoms with Gasteiger partial charge in [0.2, 0.25) is 0 Å². The van der Waals surface area contributed by atoms with Gasteiger partial charge in [-0.3, -0.25) is 0 Å². The molecule has 0 saturated heterocycles. The molecule has 3 rings (SSSR count). The van der Waals surface area contributed by atoms with Crippen LogP contribution in [0.3, 0.4) is 0 Å². The molecule has 0 bridgehead atoms. The van der Waals surface area contributed by atoms with Gasteiger partial charge in [0.1, 0.15) is 5.82 Å². The van der Waals surface area contributed by atoms with Crippen LogP contribution < -0.4 is 5.32 Å². The summed E-state index contributed by atoms with van der Waals surface area (Å²) in [6.07, 6.45) is 5.08. The van der Waals surface area contributed by atoms with Crippen molar-refractivity contribution < 1.29 is 4.39 Å². The molecule has 2 aromatic rings. The number of thiophene rings is 1. The zero-order valence-electron chi connectivity index (χ0n) is 12.1. The number of benzene rings is 1. The van der Waals surface area contributed by atoms with Gasteiger partial charge in [0.25, 0.3) is 0 Å². The second-order valence-electron chi connectivity index (χ2n) is 5.64. The second kappa shape index (κ2) is 6.59. The van der Waals surface area contributed by atoms with E-state index in [9.17, 15) is 4.39 Å². The molecule has 1 aliphatic carbocycles. The molecule has 21 heavy (non-hydrogen) atoms. The van der Waals surface area contributed by atoms with Gasteiger partial charge >= 0.3 is 0 Å². The van der Waals surface area contributed by atoms with Crippen LogP contribution in [0.15, 0.2) is 28.7 Å². The van der Waals surface area contributed by atoms with E-state index in [1.165, 1.54) is 42.2 Å². The Morgan fingerprint density at radius 3 is 2.90 bits per heavy atom. The van der Waals surface area contributed by atoms with Crippen LogP contribution in [0.5, 0.6) is 0 Å². The predicted octanol–water partition coefficient (Wildman–Crippen LogP) is 5.38. The Labute approximate surface area is 137 Å². The van der Waals surface area contributed by atoms with Crippen molar-refractivity contribution in [2.75, 3.05) is 0 Å². The van der Waals surface area contributed by atoms with Gasteiger partial charge in [-0.25, -0.2) is 4.39 Å². The first-order chi connectivity index (χ1) is 10.1. The first kappa shape index (κ1) is 15.2. The lowest BCUT2D eigenvalue weighted by Crippen LogP contribution is -2.18. The molecule has 0 aliphatic heterocycles. The van der Waals surface area contributed by atoms with E-state index in [-0.39, 0.29) is 11.9 Å². The molecular weight excluding hydrogens is 349 g/mol. The van der Waals surface area contributed by atoms with Crippen LogP contribution in [-0.4, -0.2) is 0 Å². The third-order valence-corrected chi connectivity index (χ3v) is 5.96. The van der Waals surface area contributed by atoms with Gasteiger partial charge in [-0.1, -0.05) is 15.9 Å². The molecule has 0 saturated carbocycles. The van der Waals surface area contributed by atoms with Gasteiger partial charge in [0, 0.05) is 32.4 Å². The highest BCUT2D eigenvalue weighted by Crippen LogP contribution is 2.33. The Balaban J connectivity index is 1.67. The Bertz CT molecular complexity index is 614. The zero-order chi connectivity index (χ0) is 14.8. The zero-order valence-corrected chi connectivity index (χ0v) is 14.5. The Morgan fingerprint density at radius 1 is 1.29 bits per heavy atom. The van der Waals surface area contributed by atoms with Crippen LogP contribution in [0.4, 0.5) is 4.39 Å². The highest BCUT2D eigenvalue weighted by atomic mass is 79.9. The topological polar surface area (TPSA) is 12.0 Å². The average molecular weight is 368 g/mol. The minimum Gasteiger partial charge on any atom is -0.305 e. The SMILES string of the molecule is CC(NCc1cc(Br)ccc1F)c1cc2c(s1)CCCC2. The number of nitrogens with one attached hydrogen (secondary N) is 1. The third kappa shape index (κ3) is 3.55. The van der Waals surface area contributed by atoms with E-state index >= 15 is 0 Å². The summed E-state index contributed by atoms with van der Waals surface area (Å²) in [4.78, 5) is 2.93. The van der Waals surface area contributed by atoms with Crippen molar-refractivity contribution in [3.05, 3.63) is 55.4 Å². The van der Waals surface area contributed by atoms with E-state index in [0.717, 1.165) is 4.47 Å². The molecule has 1 aliphatic rings. The fraction of sp³-hybridized carbons (Fsp3) is 0.412. The molecule has 1 N–H and O–H groups in total. The van der Waals surface area contributed by atoms with Crippen molar-refractivity contribution in [2.24, 2.45) is 0 Å². The fourth-order valence-electron chi connectivity index (χ4n) is 2.77. The maximum absolute atomic E-state index is 13.7. The van der Waals surface area contributed by atoms with Crippen molar-refractivity contribution in [1.82, 2.24) is 5.32 Å². The number of hydrogen-bond acceptors (Lipinski definition) is 2. The lowest BCUT2D eigenvalue weighted by atomic mass is 9.99. The molecule has 0 spiro atoms. The van der Waals surface area contributed by atoms with Gasteiger partial charge in [-0.2, -0.15) is 0 Å². The summed E-state index contributed by atoms with van der Waals surface area (Å²) in [6, 6.07) is 7.69. The summed E-state index contributed by atoms with van der Waals surface area (Å²) < 4.78 is 14.7. The van der Waals surface area contributed by atoms with E-state index in [1.54, 1.807) is 10.9 Å². The number of fused-ring (bicyclic) bond motifs is 1. The second-order valence-corrected chi connectivity index (χ2v) is 7.73. The summed E-state index contributed by atoms with van der Waals surface area (Å²) in [7, 11) is 0. The summed E-state index contributed by atoms with van der Waals surface area (Å²) in [5.74, 6) is -0.150. The number of halogens is 2. The molecular formula is C17H19BrFNS. The Kier molecular flexibility index (Phi) is 4.77. The summed E-state index contributed by atoms with van der Waals surface area (Å²) in [6.45, 7) is 2.71. The third-order valence-electron chi connectivity index (χ3n) is 4.05. The average Bonchev–Trinajstić information content (AvgIpc) is 2.92. The molecule has 112 valence electrons. The van der Waals surface area contributed by atoms with E-state index in [2.05, 4.69) is 34.2 Å². The summed E-state index contributed by atoms with van der Waals surface area (Å²) >= 11 is 5.31. The van der Waals surface area contributed by atoms with Crippen molar-refractivity contribution in [3.8, 4) is 0 Å². The van der Waals surface area contributed by atoms with Crippen molar-refractivity contribution in [1.29, 1.82) is 0 Å². The van der Waals surface area contributed by atoms with Crippen LogP contribution >= 0.6 is 27.3 Å². The molecule has 0 radical (unpaired) electrons. The van der Waals surface area contributed by atoms with Crippen LogP contribution in [0, 0.1) is 5.82 Å². The number of hydrogen-bond donors (Lipinski definition) is 1. The van der Waals surface area contributed by atoms with E-state index < -0.39 is 0 Å². The smallest absolute Gasteiger partial charge is 0.127 e. The van der Waals surface area contributed by atoms with E-state index in [0.29, 0.717) is 12.1 Å². The largest absolute Gasteiger partial charge is 0.305 e. The van der Waals surface area contributed by atoms with Gasteiger partial charge in [0.05, 0.1) is 0 Å². The summed E-state index contributed by atoms with van der Waals surface area (Å²) in [5.41, 5.74) is 2.24. The van der Waals surface area contributed by atoms with Gasteiger partial charge in [0.15, 0.2) is 0 Å². The van der Waals surface area contributed by atoms with Crippen LogP contribution in [0.1, 0.15) is 46.7 Å². The maximum Gasteiger partial charge on any atom is 0.127 e. The van der Waals surface area contributed by atoms with Crippen LogP contribution in [0.2, 0.25) is 0 Å². The van der Waals surface area contributed by atoms with Crippen LogP contribution in [0.25, 0.3) is 0 Å². The minimum atomic E-state index is -0.150. The van der Waals surface area contributed by atoms with E-state index in [1.807, 2.05) is 17.4 Å². The standard InChI is InChI=1S/C17H19BrFNS/c1-11(17-9-12-4-2-3-5-16(12)21-17)20-10-13-8-14(18)6-7-15(13)19/h6-9,11,20H,2-5,10H2,1H3. The quantitative estimate of drug-likeness (QED) is 0.764. The maximum atomic E-state index is 13.7. The highest BCUT2D eigenvalue weighted by molar-refractivity contribution is 9.10. The molecule has 1 aromatic carbocycles. The predicted molar refractivity (Wildman–Crippen MR) is 90.3 cm³/mol. The first-order valence-corrected chi connectivity index (χ1v) is 9.03. The fourth-order valence-corrected chi connectivity index (χ4v) is 4.46. The molecule has 4 heteroatoms. The lowest BCUT2D eigenvalue weighted by Gasteiger charge is -2.13. The Hall–Kier alpha value is -0.710. The van der Waals surface area contributed by atoms with Gasteiger partial charge in [-0.05, 0) is 62.4 Å². The number of rotatable bonds is 4. The minimum absolute atomic E-state index is 0.150. The highest BCUT2D eigenvalue weighted by Gasteiger charge is 2.16. The monoisotopic (exact) mass is 367 g/mol. The van der Waals surface area contributed by atoms with Crippen molar-refractivity contribution in [3.63, 3.8) is 0 Å². The molecule has 1 nitrogen and oxygen atoms in total. The van der Waals surface area contributed by atoms with Crippen molar-refractivity contribution in [2.45, 2.75) is 45.2 Å². The molecule has 0 fully saturated rings. The molecule has 1 unspecified atom stereocenters. The molecule has 0 amide bonds. The Morgan fingerprint density at radius 2 is 2.10 bits per heavy atom. The van der Waals surface area contributed by atoms with Crippen molar-refractivity contribution >= 4 is 27.3 Å². The lowest BCUT2D eigenvalue weighted by molar-refractivity contribution is 0.548.